The molecule has 4 heterocycles. The molecular weight excluding hydrogens is 573 g/mol. The molecule has 0 radical (unpaired) electrons. The smallest absolute Gasteiger partial charge is 0.180 e. The Labute approximate surface area is 260 Å². The van der Waals surface area contributed by atoms with E-state index < -0.39 is 0 Å². The molecule has 0 fully saturated rings. The first-order valence-electron chi connectivity index (χ1n) is 14.9. The van der Waals surface area contributed by atoms with Gasteiger partial charge in [0, 0.05) is 47.5 Å². The van der Waals surface area contributed by atoms with Gasteiger partial charge in [-0.05, 0) is 47.0 Å². The Hall–Kier alpha value is -5.78. The molecule has 210 valence electrons. The maximum absolute atomic E-state index is 6.47. The maximum atomic E-state index is 6.47. The second kappa shape index (κ2) is 9.36. The van der Waals surface area contributed by atoms with Crippen molar-refractivity contribution in [2.45, 2.75) is 0 Å². The zero-order valence-electron chi connectivity index (χ0n) is 23.8. The van der Waals surface area contributed by atoms with Gasteiger partial charge in [0.2, 0.25) is 0 Å². The Morgan fingerprint density at radius 1 is 0.467 bits per heavy atom. The lowest BCUT2D eigenvalue weighted by Crippen LogP contribution is -1.88. The summed E-state index contributed by atoms with van der Waals surface area (Å²) in [7, 11) is 0. The van der Waals surface area contributed by atoms with Gasteiger partial charge in [0.1, 0.15) is 34.3 Å². The molecule has 0 unspecified atom stereocenters. The average Bonchev–Trinajstić information content (AvgIpc) is 3.79. The molecule has 0 saturated carbocycles. The van der Waals surface area contributed by atoms with Crippen LogP contribution in [0.2, 0.25) is 0 Å². The van der Waals surface area contributed by atoms with Crippen LogP contribution in [0.15, 0.2) is 143 Å². The fourth-order valence-corrected chi connectivity index (χ4v) is 7.97. The van der Waals surface area contributed by atoms with E-state index in [1.54, 1.807) is 6.33 Å². The Morgan fingerprint density at radius 3 is 2.13 bits per heavy atom. The molecule has 0 amide bonds. The van der Waals surface area contributed by atoms with E-state index in [2.05, 4.69) is 103 Å². The van der Waals surface area contributed by atoms with Crippen molar-refractivity contribution in [1.29, 1.82) is 0 Å². The average molecular weight is 595 g/mol. The van der Waals surface area contributed by atoms with Crippen molar-refractivity contribution in [2.24, 2.45) is 0 Å². The highest BCUT2D eigenvalue weighted by atomic mass is 32.1. The van der Waals surface area contributed by atoms with E-state index in [0.717, 1.165) is 66.4 Å². The molecule has 0 aliphatic rings. The van der Waals surface area contributed by atoms with Gasteiger partial charge in [-0.3, -0.25) is 0 Å². The summed E-state index contributed by atoms with van der Waals surface area (Å²) in [6.07, 6.45) is 1.64. The lowest BCUT2D eigenvalue weighted by molar-refractivity contribution is 0.666. The lowest BCUT2D eigenvalue weighted by atomic mass is 9.99. The predicted molar refractivity (Wildman–Crippen MR) is 186 cm³/mol. The van der Waals surface area contributed by atoms with Gasteiger partial charge in [-0.15, -0.1) is 11.3 Å². The summed E-state index contributed by atoms with van der Waals surface area (Å²) in [5.74, 6) is 0. The molecule has 5 heteroatoms. The van der Waals surface area contributed by atoms with Crippen LogP contribution >= 0.6 is 11.3 Å². The summed E-state index contributed by atoms with van der Waals surface area (Å²) in [6, 6.07) is 44.5. The van der Waals surface area contributed by atoms with Crippen LogP contribution in [0.3, 0.4) is 0 Å². The summed E-state index contributed by atoms with van der Waals surface area (Å²) in [5.41, 5.74) is 10.2. The van der Waals surface area contributed by atoms with E-state index in [1.807, 2.05) is 35.6 Å². The highest BCUT2D eigenvalue weighted by molar-refractivity contribution is 7.26. The van der Waals surface area contributed by atoms with Gasteiger partial charge in [0.15, 0.2) is 5.58 Å². The fraction of sp³-hybridized carbons (Fsp3) is 0. The van der Waals surface area contributed by atoms with Crippen molar-refractivity contribution < 1.29 is 8.83 Å². The van der Waals surface area contributed by atoms with Gasteiger partial charge in [0.25, 0.3) is 0 Å². The monoisotopic (exact) mass is 594 g/mol. The van der Waals surface area contributed by atoms with Crippen LogP contribution in [0.5, 0.6) is 0 Å². The van der Waals surface area contributed by atoms with Crippen molar-refractivity contribution in [2.75, 3.05) is 0 Å². The van der Waals surface area contributed by atoms with Gasteiger partial charge in [-0.25, -0.2) is 9.97 Å². The summed E-state index contributed by atoms with van der Waals surface area (Å²) in [4.78, 5) is 9.44. The first-order chi connectivity index (χ1) is 22.3. The van der Waals surface area contributed by atoms with E-state index in [-0.39, 0.29) is 0 Å². The molecule has 6 aromatic carbocycles. The number of nitrogens with zero attached hydrogens (tertiary/aromatic N) is 2. The van der Waals surface area contributed by atoms with Crippen LogP contribution < -0.4 is 0 Å². The van der Waals surface area contributed by atoms with Gasteiger partial charge in [-0.2, -0.15) is 0 Å². The van der Waals surface area contributed by atoms with Gasteiger partial charge >= 0.3 is 0 Å². The van der Waals surface area contributed by atoms with Gasteiger partial charge < -0.3 is 8.83 Å². The first-order valence-corrected chi connectivity index (χ1v) is 15.7. The number of aromatic nitrogens is 2. The minimum atomic E-state index is 0.684. The second-order valence-corrected chi connectivity index (χ2v) is 12.4. The summed E-state index contributed by atoms with van der Waals surface area (Å²) < 4.78 is 15.4. The molecular formula is C40H22N2O2S. The van der Waals surface area contributed by atoms with Crippen LogP contribution in [0.1, 0.15) is 0 Å². The van der Waals surface area contributed by atoms with Crippen LogP contribution in [-0.4, -0.2) is 9.97 Å². The zero-order valence-corrected chi connectivity index (χ0v) is 24.6. The Morgan fingerprint density at radius 2 is 1.18 bits per heavy atom. The lowest BCUT2D eigenvalue weighted by Gasteiger charge is -2.07. The molecule has 10 rings (SSSR count). The largest absolute Gasteiger partial charge is 0.455 e. The van der Waals surface area contributed by atoms with Gasteiger partial charge in [0.05, 0.1) is 0 Å². The minimum Gasteiger partial charge on any atom is -0.455 e. The third-order valence-corrected chi connectivity index (χ3v) is 10.0. The number of thiophene rings is 1. The molecule has 0 aliphatic heterocycles. The van der Waals surface area contributed by atoms with Crippen molar-refractivity contribution in [3.8, 4) is 33.5 Å². The molecule has 10 aromatic rings. The minimum absolute atomic E-state index is 0.684. The zero-order chi connectivity index (χ0) is 29.5. The highest BCUT2D eigenvalue weighted by Crippen LogP contribution is 2.42. The van der Waals surface area contributed by atoms with Crippen LogP contribution in [0, 0.1) is 0 Å². The summed E-state index contributed by atoms with van der Waals surface area (Å²) in [5, 5.41) is 5.76. The Balaban J connectivity index is 1.12. The summed E-state index contributed by atoms with van der Waals surface area (Å²) >= 11 is 1.84. The van der Waals surface area contributed by atoms with Crippen molar-refractivity contribution in [3.63, 3.8) is 0 Å². The number of rotatable bonds is 3. The molecule has 0 N–H and O–H groups in total. The topological polar surface area (TPSA) is 52.1 Å². The maximum Gasteiger partial charge on any atom is 0.180 e. The van der Waals surface area contributed by atoms with Crippen molar-refractivity contribution >= 4 is 75.5 Å². The normalized spacial score (nSPS) is 12.0. The molecule has 0 atom stereocenters. The van der Waals surface area contributed by atoms with E-state index in [0.29, 0.717) is 5.58 Å². The molecule has 4 aromatic heterocycles. The van der Waals surface area contributed by atoms with Crippen LogP contribution in [0.25, 0.3) is 97.7 Å². The first kappa shape index (κ1) is 24.6. The van der Waals surface area contributed by atoms with E-state index in [4.69, 9.17) is 18.8 Å². The standard InChI is InChI=1S/C40H22N2O2S/c1-3-16-33-28(10-1)30-14-6-12-26(38(30)43-33)24-18-19-34-32(21-24)37-39(44-34)36(41-22-42-37)25-9-5-8-23(20-25)27-13-7-15-31-29-11-2-4-17-35(29)45-40(27)31/h1-22H. The number of furan rings is 2. The van der Waals surface area contributed by atoms with Crippen LogP contribution in [-0.2, 0) is 0 Å². The molecule has 0 bridgehead atoms. The van der Waals surface area contributed by atoms with Gasteiger partial charge in [-0.1, -0.05) is 97.1 Å². The number of hydrogen-bond acceptors (Lipinski definition) is 5. The molecule has 0 spiro atoms. The number of hydrogen-bond donors (Lipinski definition) is 0. The molecule has 4 nitrogen and oxygen atoms in total. The SMILES string of the molecule is c1cc(-c2ncnc3c2oc2ccc(-c4cccc5c4oc4ccccc45)cc23)cc(-c2cccc3c2sc2ccccc23)c1. The van der Waals surface area contributed by atoms with Crippen molar-refractivity contribution in [3.05, 3.63) is 134 Å². The van der Waals surface area contributed by atoms with Crippen LogP contribution in [0.4, 0.5) is 0 Å². The third-order valence-electron chi connectivity index (χ3n) is 8.82. The van der Waals surface area contributed by atoms with E-state index in [9.17, 15) is 0 Å². The highest BCUT2D eigenvalue weighted by Gasteiger charge is 2.18. The van der Waals surface area contributed by atoms with E-state index >= 15 is 0 Å². The predicted octanol–water partition coefficient (Wildman–Crippen LogP) is 11.6. The van der Waals surface area contributed by atoms with Crippen molar-refractivity contribution in [1.82, 2.24) is 9.97 Å². The third kappa shape index (κ3) is 3.65. The number of fused-ring (bicyclic) bond motifs is 9. The summed E-state index contributed by atoms with van der Waals surface area (Å²) in [6.45, 7) is 0. The molecule has 0 saturated heterocycles. The number of para-hydroxylation sites is 2. The quantitative estimate of drug-likeness (QED) is 0.204. The molecule has 45 heavy (non-hydrogen) atoms. The Bertz CT molecular complexity index is 2780. The second-order valence-electron chi connectivity index (χ2n) is 11.4. The molecule has 0 aliphatic carbocycles. The Kier molecular flexibility index (Phi) is 5.12. The fourth-order valence-electron chi connectivity index (χ4n) is 6.73. The van der Waals surface area contributed by atoms with E-state index in [1.165, 1.54) is 25.7 Å². The number of benzene rings is 6.